The number of fused-ring (bicyclic) bond motifs is 1. The van der Waals surface area contributed by atoms with Gasteiger partial charge in [-0.15, -0.1) is 10.2 Å². The van der Waals surface area contributed by atoms with Crippen molar-refractivity contribution in [1.82, 2.24) is 25.0 Å². The first-order valence-corrected chi connectivity index (χ1v) is 9.99. The van der Waals surface area contributed by atoms with E-state index in [4.69, 9.17) is 0 Å². The van der Waals surface area contributed by atoms with Crippen molar-refractivity contribution >= 4 is 0 Å². The number of nitrogens with one attached hydrogen (secondary N) is 1. The highest BCUT2D eigenvalue weighted by molar-refractivity contribution is 5.64. The van der Waals surface area contributed by atoms with Crippen LogP contribution in [0.2, 0.25) is 0 Å². The van der Waals surface area contributed by atoms with Crippen LogP contribution in [0, 0.1) is 5.82 Å². The molecule has 1 atom stereocenters. The van der Waals surface area contributed by atoms with Crippen molar-refractivity contribution in [3.8, 4) is 11.1 Å². The molecular weight excluding hydrogens is 353 g/mol. The third-order valence-electron chi connectivity index (χ3n) is 5.80. The molecule has 2 aliphatic heterocycles. The second-order valence-electron chi connectivity index (χ2n) is 7.64. The molecule has 1 N–H and O–H groups in total. The number of likely N-dealkylation sites (tertiary alicyclic amines) is 1. The molecule has 0 spiro atoms. The van der Waals surface area contributed by atoms with Crippen molar-refractivity contribution in [3.63, 3.8) is 0 Å². The van der Waals surface area contributed by atoms with E-state index in [1.165, 1.54) is 24.1 Å². The monoisotopic (exact) mass is 377 g/mol. The Morgan fingerprint density at radius 3 is 2.82 bits per heavy atom. The van der Waals surface area contributed by atoms with Crippen molar-refractivity contribution in [2.24, 2.45) is 0 Å². The summed E-state index contributed by atoms with van der Waals surface area (Å²) in [6.07, 6.45) is 2.31. The van der Waals surface area contributed by atoms with Crippen molar-refractivity contribution in [1.29, 1.82) is 0 Å². The average Bonchev–Trinajstić information content (AvgIpc) is 3.35. The van der Waals surface area contributed by atoms with Crippen molar-refractivity contribution < 1.29 is 4.39 Å². The molecule has 1 saturated heterocycles. The van der Waals surface area contributed by atoms with Gasteiger partial charge in [0.25, 0.3) is 0 Å². The fourth-order valence-electron chi connectivity index (χ4n) is 4.39. The third-order valence-corrected chi connectivity index (χ3v) is 5.80. The molecular formula is C22H24FN5. The van der Waals surface area contributed by atoms with Crippen LogP contribution in [0.4, 0.5) is 4.39 Å². The Balaban J connectivity index is 1.37. The number of hydrogen-bond donors (Lipinski definition) is 1. The van der Waals surface area contributed by atoms with E-state index in [0.29, 0.717) is 6.04 Å². The molecule has 2 aromatic carbocycles. The zero-order valence-electron chi connectivity index (χ0n) is 15.8. The van der Waals surface area contributed by atoms with Gasteiger partial charge >= 0.3 is 0 Å². The van der Waals surface area contributed by atoms with Crippen LogP contribution in [-0.4, -0.2) is 32.8 Å². The predicted octanol–water partition coefficient (Wildman–Crippen LogP) is 3.52. The van der Waals surface area contributed by atoms with Crippen LogP contribution in [0.3, 0.4) is 0 Å². The van der Waals surface area contributed by atoms with Gasteiger partial charge < -0.3 is 9.88 Å². The molecule has 0 bridgehead atoms. The number of aromatic nitrogens is 3. The first-order chi connectivity index (χ1) is 13.8. The summed E-state index contributed by atoms with van der Waals surface area (Å²) in [5.41, 5.74) is 3.44. The van der Waals surface area contributed by atoms with Crippen LogP contribution in [0.15, 0.2) is 48.5 Å². The zero-order chi connectivity index (χ0) is 18.9. The molecule has 5 rings (SSSR count). The van der Waals surface area contributed by atoms with Gasteiger partial charge in [0.15, 0.2) is 5.82 Å². The van der Waals surface area contributed by atoms with E-state index in [-0.39, 0.29) is 5.82 Å². The van der Waals surface area contributed by atoms with Crippen LogP contribution in [0.1, 0.15) is 36.1 Å². The minimum Gasteiger partial charge on any atom is -0.311 e. The van der Waals surface area contributed by atoms with E-state index >= 15 is 0 Å². The van der Waals surface area contributed by atoms with Gasteiger partial charge in [0.1, 0.15) is 11.6 Å². The SMILES string of the molecule is Fc1ccc(-c2cccc(CN3CCC[C@H]3c3nnc4n3CCNC4)c2)cc1. The van der Waals surface area contributed by atoms with Crippen molar-refractivity contribution in [3.05, 3.63) is 71.6 Å². The summed E-state index contributed by atoms with van der Waals surface area (Å²) in [6.45, 7) is 4.69. The Bertz CT molecular complexity index is 965. The quantitative estimate of drug-likeness (QED) is 0.756. The van der Waals surface area contributed by atoms with Gasteiger partial charge in [-0.3, -0.25) is 4.90 Å². The molecule has 1 aromatic heterocycles. The predicted molar refractivity (Wildman–Crippen MR) is 106 cm³/mol. The molecule has 0 amide bonds. The van der Waals surface area contributed by atoms with E-state index in [1.807, 2.05) is 12.1 Å². The highest BCUT2D eigenvalue weighted by atomic mass is 19.1. The standard InChI is InChI=1S/C22H24FN5/c23-19-8-6-17(7-9-19)18-4-1-3-16(13-18)15-27-11-2-5-20(27)22-26-25-21-14-24-10-12-28(21)22/h1,3-4,6-9,13,20,24H,2,5,10-12,14-15H2/t20-/m0/s1. The fourth-order valence-corrected chi connectivity index (χ4v) is 4.39. The molecule has 5 nitrogen and oxygen atoms in total. The van der Waals surface area contributed by atoms with Crippen molar-refractivity contribution in [2.75, 3.05) is 13.1 Å². The Kier molecular flexibility index (Phi) is 4.66. The van der Waals surface area contributed by atoms with Gasteiger partial charge in [-0.1, -0.05) is 30.3 Å². The molecule has 0 saturated carbocycles. The average molecular weight is 377 g/mol. The molecule has 2 aliphatic rings. The van der Waals surface area contributed by atoms with Crippen molar-refractivity contribution in [2.45, 2.75) is 38.5 Å². The van der Waals surface area contributed by atoms with E-state index in [9.17, 15) is 4.39 Å². The minimum atomic E-state index is -0.202. The lowest BCUT2D eigenvalue weighted by molar-refractivity contribution is 0.233. The zero-order valence-corrected chi connectivity index (χ0v) is 15.8. The molecule has 0 radical (unpaired) electrons. The lowest BCUT2D eigenvalue weighted by Crippen LogP contribution is -2.31. The van der Waals surface area contributed by atoms with Gasteiger partial charge in [0, 0.05) is 19.6 Å². The Labute approximate surface area is 164 Å². The molecule has 6 heteroatoms. The maximum absolute atomic E-state index is 13.2. The molecule has 3 heterocycles. The van der Waals surface area contributed by atoms with E-state index in [2.05, 4.69) is 49.2 Å². The second-order valence-corrected chi connectivity index (χ2v) is 7.64. The van der Waals surface area contributed by atoms with Gasteiger partial charge in [0.2, 0.25) is 0 Å². The highest BCUT2D eigenvalue weighted by Gasteiger charge is 2.31. The number of rotatable bonds is 4. The van der Waals surface area contributed by atoms with Crippen LogP contribution >= 0.6 is 0 Å². The van der Waals surface area contributed by atoms with E-state index < -0.39 is 0 Å². The Morgan fingerprint density at radius 2 is 1.93 bits per heavy atom. The summed E-state index contributed by atoms with van der Waals surface area (Å²) in [7, 11) is 0. The van der Waals surface area contributed by atoms with Gasteiger partial charge in [0.05, 0.1) is 12.6 Å². The first kappa shape index (κ1) is 17.5. The summed E-state index contributed by atoms with van der Waals surface area (Å²) < 4.78 is 15.5. The topological polar surface area (TPSA) is 46.0 Å². The van der Waals surface area contributed by atoms with Crippen LogP contribution in [0.25, 0.3) is 11.1 Å². The normalized spacial score (nSPS) is 19.7. The number of halogens is 1. The fraction of sp³-hybridized carbons (Fsp3) is 0.364. The van der Waals surface area contributed by atoms with Crippen LogP contribution < -0.4 is 5.32 Å². The molecule has 144 valence electrons. The summed E-state index contributed by atoms with van der Waals surface area (Å²) in [6, 6.07) is 15.6. The lowest BCUT2D eigenvalue weighted by atomic mass is 10.0. The number of benzene rings is 2. The van der Waals surface area contributed by atoms with Gasteiger partial charge in [-0.25, -0.2) is 4.39 Å². The molecule has 28 heavy (non-hydrogen) atoms. The maximum atomic E-state index is 13.2. The Morgan fingerprint density at radius 1 is 1.04 bits per heavy atom. The van der Waals surface area contributed by atoms with E-state index in [0.717, 1.165) is 61.9 Å². The summed E-state index contributed by atoms with van der Waals surface area (Å²) in [4.78, 5) is 2.52. The largest absolute Gasteiger partial charge is 0.311 e. The van der Waals surface area contributed by atoms with Crippen LogP contribution in [-0.2, 0) is 19.6 Å². The summed E-state index contributed by atoms with van der Waals surface area (Å²) >= 11 is 0. The lowest BCUT2D eigenvalue weighted by Gasteiger charge is -2.26. The molecule has 0 unspecified atom stereocenters. The maximum Gasteiger partial charge on any atom is 0.150 e. The van der Waals surface area contributed by atoms with Gasteiger partial charge in [-0.05, 0) is 54.3 Å². The van der Waals surface area contributed by atoms with E-state index in [1.54, 1.807) is 0 Å². The number of hydrogen-bond acceptors (Lipinski definition) is 4. The molecule has 0 aliphatic carbocycles. The minimum absolute atomic E-state index is 0.202. The van der Waals surface area contributed by atoms with Gasteiger partial charge in [-0.2, -0.15) is 0 Å². The second kappa shape index (κ2) is 7.45. The smallest absolute Gasteiger partial charge is 0.150 e. The van der Waals surface area contributed by atoms with Crippen LogP contribution in [0.5, 0.6) is 0 Å². The summed E-state index contributed by atoms with van der Waals surface area (Å²) in [5, 5.41) is 12.3. The molecule has 1 fully saturated rings. The highest BCUT2D eigenvalue weighted by Crippen LogP contribution is 2.33. The Hall–Kier alpha value is -2.57. The third kappa shape index (κ3) is 3.34. The summed E-state index contributed by atoms with van der Waals surface area (Å²) in [5.74, 6) is 1.96. The first-order valence-electron chi connectivity index (χ1n) is 9.99. The molecule has 3 aromatic rings. The number of nitrogens with zero attached hydrogens (tertiary/aromatic N) is 4.